The Hall–Kier alpha value is -1.72. The first kappa shape index (κ1) is 16.1. The maximum atomic E-state index is 12.8. The fraction of sp³-hybridized carbons (Fsp3) is 0.444. The summed E-state index contributed by atoms with van der Waals surface area (Å²) in [5, 5.41) is 13.4. The molecule has 1 aromatic heterocycles. The Balaban J connectivity index is 2.11. The molecule has 122 valence electrons. The molecule has 1 heterocycles. The largest absolute Gasteiger partial charge is 0.463 e. The topological polar surface area (TPSA) is 63.6 Å². The third-order valence-electron chi connectivity index (χ3n) is 5.03. The van der Waals surface area contributed by atoms with E-state index in [0.29, 0.717) is 6.42 Å². The van der Waals surface area contributed by atoms with Gasteiger partial charge in [-0.25, -0.2) is 4.79 Å². The molecule has 0 unspecified atom stereocenters. The summed E-state index contributed by atoms with van der Waals surface area (Å²) in [6, 6.07) is 3.89. The van der Waals surface area contributed by atoms with Crippen molar-refractivity contribution in [3.8, 4) is 0 Å². The van der Waals surface area contributed by atoms with Crippen LogP contribution in [0.2, 0.25) is 0 Å². The van der Waals surface area contributed by atoms with Crippen molar-refractivity contribution in [3.05, 3.63) is 45.7 Å². The molecule has 4 nitrogen and oxygen atoms in total. The third-order valence-corrected chi connectivity index (χ3v) is 5.91. The number of allylic oxidation sites excluding steroid dienone is 2. The van der Waals surface area contributed by atoms with E-state index in [1.807, 2.05) is 24.4 Å². The number of Topliss-reactive ketones (excluding diaryl/α,β-unsaturated/α-hetero) is 1. The number of esters is 1. The van der Waals surface area contributed by atoms with Gasteiger partial charge in [-0.3, -0.25) is 4.79 Å². The molecule has 1 fully saturated rings. The molecular weight excluding hydrogens is 312 g/mol. The van der Waals surface area contributed by atoms with Gasteiger partial charge in [-0.2, -0.15) is 0 Å². The van der Waals surface area contributed by atoms with Crippen molar-refractivity contribution in [2.24, 2.45) is 5.41 Å². The Morgan fingerprint density at radius 1 is 1.43 bits per heavy atom. The van der Waals surface area contributed by atoms with Gasteiger partial charge in [0.05, 0.1) is 17.6 Å². The number of fused-ring (bicyclic) bond motifs is 1. The van der Waals surface area contributed by atoms with Crippen LogP contribution in [0, 0.1) is 5.41 Å². The fourth-order valence-electron chi connectivity index (χ4n) is 3.86. The zero-order valence-electron chi connectivity index (χ0n) is 13.3. The van der Waals surface area contributed by atoms with Crippen molar-refractivity contribution in [2.75, 3.05) is 6.61 Å². The molecule has 0 bridgehead atoms. The van der Waals surface area contributed by atoms with Gasteiger partial charge in [0, 0.05) is 17.7 Å². The average Bonchev–Trinajstić information content (AvgIpc) is 3.10. The van der Waals surface area contributed by atoms with Crippen LogP contribution in [0.5, 0.6) is 0 Å². The number of carbonyl (C=O) groups is 2. The lowest BCUT2D eigenvalue weighted by Gasteiger charge is -2.44. The maximum Gasteiger partial charge on any atom is 0.336 e. The molecule has 1 N–H and O–H groups in total. The van der Waals surface area contributed by atoms with E-state index in [-0.39, 0.29) is 30.8 Å². The molecule has 2 aliphatic rings. The van der Waals surface area contributed by atoms with Crippen LogP contribution in [-0.4, -0.2) is 29.1 Å². The Bertz CT molecular complexity index is 701. The quantitative estimate of drug-likeness (QED) is 0.861. The van der Waals surface area contributed by atoms with Gasteiger partial charge < -0.3 is 9.84 Å². The van der Waals surface area contributed by atoms with Gasteiger partial charge in [0.1, 0.15) is 11.4 Å². The lowest BCUT2D eigenvalue weighted by Crippen LogP contribution is -2.54. The summed E-state index contributed by atoms with van der Waals surface area (Å²) < 4.78 is 5.10. The molecule has 0 saturated heterocycles. The summed E-state index contributed by atoms with van der Waals surface area (Å²) in [5.74, 6) is -0.541. The second-order valence-electron chi connectivity index (χ2n) is 6.10. The predicted molar refractivity (Wildman–Crippen MR) is 88.1 cm³/mol. The molecule has 23 heavy (non-hydrogen) atoms. The Morgan fingerprint density at radius 2 is 2.22 bits per heavy atom. The number of rotatable bonds is 4. The van der Waals surface area contributed by atoms with Gasteiger partial charge in [-0.15, -0.1) is 11.3 Å². The van der Waals surface area contributed by atoms with Crippen molar-refractivity contribution in [2.45, 2.75) is 38.7 Å². The first-order chi connectivity index (χ1) is 11.0. The molecule has 2 aliphatic carbocycles. The summed E-state index contributed by atoms with van der Waals surface area (Å²) in [6.45, 7) is 3.83. The monoisotopic (exact) mass is 332 g/mol. The van der Waals surface area contributed by atoms with Gasteiger partial charge in [0.2, 0.25) is 0 Å². The van der Waals surface area contributed by atoms with Crippen molar-refractivity contribution >= 4 is 23.1 Å². The van der Waals surface area contributed by atoms with E-state index in [2.05, 4.69) is 0 Å². The first-order valence-corrected chi connectivity index (χ1v) is 8.68. The van der Waals surface area contributed by atoms with Gasteiger partial charge in [0.15, 0.2) is 0 Å². The maximum absolute atomic E-state index is 12.8. The van der Waals surface area contributed by atoms with Crippen molar-refractivity contribution < 1.29 is 19.4 Å². The number of hydrogen-bond acceptors (Lipinski definition) is 5. The lowest BCUT2D eigenvalue weighted by atomic mass is 9.61. The second-order valence-corrected chi connectivity index (χ2v) is 7.13. The molecular formula is C18H20O4S. The van der Waals surface area contributed by atoms with E-state index < -0.39 is 17.0 Å². The minimum absolute atomic E-state index is 0.00273. The van der Waals surface area contributed by atoms with E-state index in [0.717, 1.165) is 10.5 Å². The Morgan fingerprint density at radius 3 is 2.87 bits per heavy atom. The van der Waals surface area contributed by atoms with Crippen molar-refractivity contribution in [1.82, 2.24) is 0 Å². The molecule has 5 heteroatoms. The zero-order valence-corrected chi connectivity index (χ0v) is 14.1. The van der Waals surface area contributed by atoms with E-state index in [9.17, 15) is 14.7 Å². The third kappa shape index (κ3) is 2.22. The minimum Gasteiger partial charge on any atom is -0.463 e. The average molecular weight is 332 g/mol. The van der Waals surface area contributed by atoms with E-state index >= 15 is 0 Å². The SMILES string of the molecule is CCOC(=O)C1=CC=C(C)[C@]2(Cc3cccs3)C(=O)CC[C@]12O. The highest BCUT2D eigenvalue weighted by Crippen LogP contribution is 2.56. The molecule has 0 amide bonds. The second kappa shape index (κ2) is 5.73. The van der Waals surface area contributed by atoms with Crippen molar-refractivity contribution in [1.29, 1.82) is 0 Å². The van der Waals surface area contributed by atoms with Crippen LogP contribution < -0.4 is 0 Å². The molecule has 0 aliphatic heterocycles. The van der Waals surface area contributed by atoms with Crippen LogP contribution in [0.15, 0.2) is 40.8 Å². The molecule has 3 rings (SSSR count). The molecule has 0 spiro atoms. The highest BCUT2D eigenvalue weighted by molar-refractivity contribution is 7.09. The van der Waals surface area contributed by atoms with Crippen LogP contribution in [0.4, 0.5) is 0 Å². The standard InChI is InChI=1S/C18H20O4S/c1-3-22-16(20)14-7-6-12(2)17(11-13-5-4-10-23-13)15(19)8-9-18(14,17)21/h4-7,10,21H,3,8-9,11H2,1-2H3/t17-,18+/m1/s1. The number of aliphatic hydroxyl groups is 1. The van der Waals surface area contributed by atoms with Gasteiger partial charge >= 0.3 is 5.97 Å². The van der Waals surface area contributed by atoms with Gasteiger partial charge in [-0.05, 0) is 37.8 Å². The smallest absolute Gasteiger partial charge is 0.336 e. The Kier molecular flexibility index (Phi) is 4.02. The van der Waals surface area contributed by atoms with E-state index in [1.165, 1.54) is 0 Å². The molecule has 2 atom stereocenters. The fourth-order valence-corrected chi connectivity index (χ4v) is 4.64. The zero-order chi connectivity index (χ0) is 16.7. The highest BCUT2D eigenvalue weighted by Gasteiger charge is 2.64. The van der Waals surface area contributed by atoms with Gasteiger partial charge in [-0.1, -0.05) is 17.7 Å². The molecule has 0 radical (unpaired) electrons. The molecule has 0 aromatic carbocycles. The summed E-state index contributed by atoms with van der Waals surface area (Å²) >= 11 is 1.56. The molecule has 1 aromatic rings. The van der Waals surface area contributed by atoms with Gasteiger partial charge in [0.25, 0.3) is 0 Å². The Labute approximate surface area is 139 Å². The minimum atomic E-state index is -1.49. The van der Waals surface area contributed by atoms with Crippen LogP contribution in [0.1, 0.15) is 31.6 Å². The van der Waals surface area contributed by atoms with Crippen LogP contribution in [0.3, 0.4) is 0 Å². The first-order valence-electron chi connectivity index (χ1n) is 7.80. The predicted octanol–water partition coefficient (Wildman–Crippen LogP) is 2.82. The normalized spacial score (nSPS) is 29.8. The summed E-state index contributed by atoms with van der Waals surface area (Å²) in [4.78, 5) is 26.2. The summed E-state index contributed by atoms with van der Waals surface area (Å²) in [6.07, 6.45) is 4.33. The highest BCUT2D eigenvalue weighted by atomic mass is 32.1. The lowest BCUT2D eigenvalue weighted by molar-refractivity contribution is -0.144. The number of ether oxygens (including phenoxy) is 1. The van der Waals surface area contributed by atoms with E-state index in [1.54, 1.807) is 30.4 Å². The van der Waals surface area contributed by atoms with Crippen molar-refractivity contribution in [3.63, 3.8) is 0 Å². The van der Waals surface area contributed by atoms with Crippen LogP contribution in [0.25, 0.3) is 0 Å². The number of carbonyl (C=O) groups excluding carboxylic acids is 2. The van der Waals surface area contributed by atoms with Crippen LogP contribution >= 0.6 is 11.3 Å². The summed E-state index contributed by atoms with van der Waals surface area (Å²) in [5.41, 5.74) is -1.54. The summed E-state index contributed by atoms with van der Waals surface area (Å²) in [7, 11) is 0. The number of hydrogen-bond donors (Lipinski definition) is 1. The number of ketones is 1. The molecule has 1 saturated carbocycles. The number of thiophene rings is 1. The van der Waals surface area contributed by atoms with E-state index in [4.69, 9.17) is 4.74 Å². The van der Waals surface area contributed by atoms with Crippen LogP contribution in [-0.2, 0) is 20.7 Å².